The zero-order chi connectivity index (χ0) is 21.8. The van der Waals surface area contributed by atoms with E-state index in [1.54, 1.807) is 54.6 Å². The fourth-order valence-electron chi connectivity index (χ4n) is 3.84. The number of hydrogen-bond acceptors (Lipinski definition) is 8. The lowest BCUT2D eigenvalue weighted by atomic mass is 9.87. The molecule has 2 atom stereocenters. The molecule has 3 aromatic rings. The largest absolute Gasteiger partial charge is 0.539 e. The zero-order valence-electron chi connectivity index (χ0n) is 16.5. The molecule has 0 bridgehead atoms. The summed E-state index contributed by atoms with van der Waals surface area (Å²) in [5.41, 5.74) is -0.790. The Labute approximate surface area is 175 Å². The number of fused-ring (bicyclic) bond motifs is 1. The molecular formula is C21H16N4O6. The summed E-state index contributed by atoms with van der Waals surface area (Å²) in [4.78, 5) is 32.9. The van der Waals surface area contributed by atoms with Crippen LogP contribution in [0.5, 0.6) is 11.7 Å². The summed E-state index contributed by atoms with van der Waals surface area (Å²) in [6, 6.07) is 15.2. The van der Waals surface area contributed by atoms with Crippen LogP contribution in [0.3, 0.4) is 0 Å². The molecule has 3 heterocycles. The van der Waals surface area contributed by atoms with Gasteiger partial charge in [-0.25, -0.2) is 4.90 Å². The number of rotatable bonds is 4. The minimum absolute atomic E-state index is 0.0126. The van der Waals surface area contributed by atoms with Crippen LogP contribution in [0.1, 0.15) is 12.6 Å². The van der Waals surface area contributed by atoms with E-state index in [4.69, 9.17) is 14.1 Å². The molecule has 10 heteroatoms. The number of oxime groups is 1. The first-order valence-corrected chi connectivity index (χ1v) is 9.39. The Kier molecular flexibility index (Phi) is 4.04. The summed E-state index contributed by atoms with van der Waals surface area (Å²) in [6.45, 7) is 1.48. The second-order valence-electron chi connectivity index (χ2n) is 7.24. The molecule has 1 fully saturated rings. The van der Waals surface area contributed by atoms with Crippen molar-refractivity contribution in [1.29, 1.82) is 0 Å². The van der Waals surface area contributed by atoms with Crippen molar-refractivity contribution in [3.8, 4) is 17.4 Å². The van der Waals surface area contributed by atoms with E-state index >= 15 is 0 Å². The Hall–Kier alpha value is -4.21. The topological polar surface area (TPSA) is 121 Å². The molecule has 1 aromatic heterocycles. The number of nitrogens with zero attached hydrogens (tertiary/aromatic N) is 4. The molecule has 0 radical (unpaired) electrons. The van der Waals surface area contributed by atoms with Gasteiger partial charge in [0.2, 0.25) is 17.2 Å². The van der Waals surface area contributed by atoms with Gasteiger partial charge >= 0.3 is 0 Å². The summed E-state index contributed by atoms with van der Waals surface area (Å²) in [7, 11) is 1.53. The minimum Gasteiger partial charge on any atom is -0.539 e. The maximum atomic E-state index is 13.3. The molecule has 2 aliphatic rings. The molecule has 2 aliphatic heterocycles. The summed E-state index contributed by atoms with van der Waals surface area (Å²) >= 11 is 0. The highest BCUT2D eigenvalue weighted by molar-refractivity contribution is 6.33. The first-order valence-electron chi connectivity index (χ1n) is 9.39. The SMILES string of the molecule is COc1ccc(-[n+]2noc([O-])c2C2=NOC3(C)C(=O)N(c4ccccc4)C(=O)C23)cc1. The van der Waals surface area contributed by atoms with Crippen LogP contribution >= 0.6 is 0 Å². The number of carbonyl (C=O) groups is 2. The van der Waals surface area contributed by atoms with E-state index in [0.29, 0.717) is 17.1 Å². The van der Waals surface area contributed by atoms with Crippen molar-refractivity contribution >= 4 is 23.2 Å². The summed E-state index contributed by atoms with van der Waals surface area (Å²) in [6.07, 6.45) is 0. The monoisotopic (exact) mass is 420 g/mol. The fraction of sp³-hybridized carbons (Fsp3) is 0.190. The lowest BCUT2D eigenvalue weighted by Gasteiger charge is -2.18. The van der Waals surface area contributed by atoms with Crippen molar-refractivity contribution in [3.05, 3.63) is 60.3 Å². The van der Waals surface area contributed by atoms with Crippen LogP contribution < -0.4 is 19.4 Å². The molecule has 2 amide bonds. The van der Waals surface area contributed by atoms with E-state index in [9.17, 15) is 14.7 Å². The molecule has 10 nitrogen and oxygen atoms in total. The average Bonchev–Trinajstić information content (AvgIpc) is 3.40. The van der Waals surface area contributed by atoms with Gasteiger partial charge in [0.05, 0.1) is 18.1 Å². The third-order valence-corrected chi connectivity index (χ3v) is 5.44. The predicted molar refractivity (Wildman–Crippen MR) is 102 cm³/mol. The Morgan fingerprint density at radius 3 is 2.52 bits per heavy atom. The number of para-hydroxylation sites is 1. The lowest BCUT2D eigenvalue weighted by molar-refractivity contribution is -0.671. The van der Waals surface area contributed by atoms with Gasteiger partial charge < -0.3 is 19.2 Å². The maximum absolute atomic E-state index is 13.3. The Morgan fingerprint density at radius 2 is 1.84 bits per heavy atom. The standard InChI is InChI=1S/C21H16N4O6/c1-21-15(18(26)24(20(21)28)12-6-4-3-5-7-12)16(22-31-21)17-19(27)30-23-25(17)13-8-10-14(29-2)11-9-13/h3-11,15H,1-2H3. The highest BCUT2D eigenvalue weighted by atomic mass is 16.7. The number of anilines is 1. The number of aromatic nitrogens is 2. The van der Waals surface area contributed by atoms with E-state index in [1.807, 2.05) is 0 Å². The number of imide groups is 1. The molecular weight excluding hydrogens is 404 g/mol. The van der Waals surface area contributed by atoms with Crippen LogP contribution in [0.15, 0.2) is 64.3 Å². The first-order chi connectivity index (χ1) is 15.0. The fourth-order valence-corrected chi connectivity index (χ4v) is 3.84. The number of ether oxygens (including phenoxy) is 1. The van der Waals surface area contributed by atoms with Gasteiger partial charge in [-0.1, -0.05) is 23.4 Å². The van der Waals surface area contributed by atoms with Gasteiger partial charge in [0, 0.05) is 12.1 Å². The van der Waals surface area contributed by atoms with Crippen LogP contribution in [0.2, 0.25) is 0 Å². The summed E-state index contributed by atoms with van der Waals surface area (Å²) in [5, 5.41) is 20.3. The van der Waals surface area contributed by atoms with Gasteiger partial charge in [-0.05, 0) is 35.9 Å². The van der Waals surface area contributed by atoms with Gasteiger partial charge in [0.1, 0.15) is 11.7 Å². The van der Waals surface area contributed by atoms with E-state index in [-0.39, 0.29) is 11.4 Å². The maximum Gasteiger partial charge on any atom is 0.289 e. The van der Waals surface area contributed by atoms with Crippen molar-refractivity contribution in [1.82, 2.24) is 5.27 Å². The summed E-state index contributed by atoms with van der Waals surface area (Å²) < 4.78 is 11.2. The van der Waals surface area contributed by atoms with Crippen molar-refractivity contribution in [2.45, 2.75) is 12.5 Å². The van der Waals surface area contributed by atoms with Crippen LogP contribution in [-0.2, 0) is 14.4 Å². The molecule has 156 valence electrons. The third-order valence-electron chi connectivity index (χ3n) is 5.44. The Morgan fingerprint density at radius 1 is 1.13 bits per heavy atom. The van der Waals surface area contributed by atoms with Gasteiger partial charge in [0.15, 0.2) is 11.7 Å². The molecule has 0 N–H and O–H groups in total. The third kappa shape index (κ3) is 2.61. The molecule has 0 aliphatic carbocycles. The summed E-state index contributed by atoms with van der Waals surface area (Å²) in [5.74, 6) is -2.43. The molecule has 5 rings (SSSR count). The second kappa shape index (κ2) is 6.66. The number of methoxy groups -OCH3 is 1. The second-order valence-corrected chi connectivity index (χ2v) is 7.24. The van der Waals surface area contributed by atoms with Gasteiger partial charge in [-0.3, -0.25) is 9.59 Å². The van der Waals surface area contributed by atoms with E-state index < -0.39 is 29.3 Å². The lowest BCUT2D eigenvalue weighted by Crippen LogP contribution is -2.44. The molecule has 0 saturated carbocycles. The van der Waals surface area contributed by atoms with Crippen LogP contribution in [-0.4, -0.2) is 35.5 Å². The molecule has 1 saturated heterocycles. The number of hydrogen-bond donors (Lipinski definition) is 0. The minimum atomic E-state index is -1.58. The molecule has 2 aromatic carbocycles. The highest BCUT2D eigenvalue weighted by Gasteiger charge is 2.66. The number of carbonyl (C=O) groups excluding carboxylic acids is 2. The normalized spacial score (nSPS) is 22.3. The average molecular weight is 420 g/mol. The Balaban J connectivity index is 1.58. The van der Waals surface area contributed by atoms with Crippen LogP contribution in [0.4, 0.5) is 5.69 Å². The quantitative estimate of drug-likeness (QED) is 0.450. The van der Waals surface area contributed by atoms with Crippen LogP contribution in [0.25, 0.3) is 5.69 Å². The van der Waals surface area contributed by atoms with Gasteiger partial charge in [-0.2, -0.15) is 0 Å². The van der Waals surface area contributed by atoms with E-state index in [0.717, 1.165) is 4.90 Å². The molecule has 31 heavy (non-hydrogen) atoms. The smallest absolute Gasteiger partial charge is 0.289 e. The van der Waals surface area contributed by atoms with E-state index in [2.05, 4.69) is 10.4 Å². The van der Waals surface area contributed by atoms with Gasteiger partial charge in [-0.15, -0.1) is 0 Å². The zero-order valence-corrected chi connectivity index (χ0v) is 16.5. The Bertz CT molecular complexity index is 1220. The molecule has 0 spiro atoms. The van der Waals surface area contributed by atoms with Gasteiger partial charge in [0.25, 0.3) is 11.6 Å². The van der Waals surface area contributed by atoms with Crippen molar-refractivity contribution in [2.75, 3.05) is 12.0 Å². The van der Waals surface area contributed by atoms with Crippen LogP contribution in [0, 0.1) is 5.92 Å². The van der Waals surface area contributed by atoms with E-state index in [1.165, 1.54) is 18.7 Å². The predicted octanol–water partition coefficient (Wildman–Crippen LogP) is 0.716. The van der Waals surface area contributed by atoms with Crippen molar-refractivity contribution in [2.24, 2.45) is 11.1 Å². The molecule has 2 unspecified atom stereocenters. The van der Waals surface area contributed by atoms with Crippen molar-refractivity contribution in [3.63, 3.8) is 0 Å². The number of benzene rings is 2. The first kappa shape index (κ1) is 18.8. The highest BCUT2D eigenvalue weighted by Crippen LogP contribution is 2.43. The van der Waals surface area contributed by atoms with Crippen molar-refractivity contribution < 1.29 is 33.5 Å². The number of amides is 2.